The van der Waals surface area contributed by atoms with E-state index in [1.165, 1.54) is 0 Å². The zero-order valence-electron chi connectivity index (χ0n) is 17.3. The molecule has 0 unspecified atom stereocenters. The lowest BCUT2D eigenvalue weighted by atomic mass is 10.1. The number of amides is 1. The number of pyridine rings is 1. The Morgan fingerprint density at radius 3 is 2.30 bits per heavy atom. The molecule has 0 radical (unpaired) electrons. The van der Waals surface area contributed by atoms with Crippen LogP contribution in [0.2, 0.25) is 0 Å². The molecule has 1 amide bonds. The van der Waals surface area contributed by atoms with Crippen LogP contribution in [0, 0.1) is 0 Å². The van der Waals surface area contributed by atoms with Gasteiger partial charge in [-0.3, -0.25) is 9.78 Å². The first-order valence-corrected chi connectivity index (χ1v) is 10.3. The van der Waals surface area contributed by atoms with E-state index >= 15 is 0 Å². The number of benzene rings is 2. The van der Waals surface area contributed by atoms with Gasteiger partial charge in [-0.2, -0.15) is 0 Å². The number of hydrogen-bond donors (Lipinski definition) is 3. The summed E-state index contributed by atoms with van der Waals surface area (Å²) >= 11 is 0. The first-order chi connectivity index (χ1) is 14.7. The summed E-state index contributed by atoms with van der Waals surface area (Å²) in [5.74, 6) is -0.0397. The van der Waals surface area contributed by atoms with Crippen molar-refractivity contribution in [3.63, 3.8) is 0 Å². The molecule has 0 bridgehead atoms. The minimum atomic E-state index is -0.0397. The highest BCUT2D eigenvalue weighted by molar-refractivity contribution is 5.94. The SMILES string of the molecule is CCNCCCNC(=O)c1ccc(Nc2ccc(/C=C/c3ccccn3)cc2)cc1. The van der Waals surface area contributed by atoms with Crippen LogP contribution >= 0.6 is 0 Å². The third-order valence-electron chi connectivity index (χ3n) is 4.55. The summed E-state index contributed by atoms with van der Waals surface area (Å²) in [7, 11) is 0. The van der Waals surface area contributed by atoms with Gasteiger partial charge in [0.05, 0.1) is 5.69 Å². The Labute approximate surface area is 178 Å². The van der Waals surface area contributed by atoms with E-state index in [1.54, 1.807) is 6.20 Å². The zero-order chi connectivity index (χ0) is 21.0. The van der Waals surface area contributed by atoms with Crippen molar-refractivity contribution in [1.82, 2.24) is 15.6 Å². The summed E-state index contributed by atoms with van der Waals surface area (Å²) in [4.78, 5) is 16.5. The summed E-state index contributed by atoms with van der Waals surface area (Å²) < 4.78 is 0. The van der Waals surface area contributed by atoms with Crippen molar-refractivity contribution in [1.29, 1.82) is 0 Å². The van der Waals surface area contributed by atoms with Crippen LogP contribution in [-0.2, 0) is 0 Å². The minimum Gasteiger partial charge on any atom is -0.356 e. The van der Waals surface area contributed by atoms with Gasteiger partial charge in [-0.15, -0.1) is 0 Å². The number of rotatable bonds is 10. The average Bonchev–Trinajstić information content (AvgIpc) is 2.79. The van der Waals surface area contributed by atoms with Gasteiger partial charge in [0.2, 0.25) is 0 Å². The minimum absolute atomic E-state index is 0.0397. The van der Waals surface area contributed by atoms with Crippen LogP contribution in [0.3, 0.4) is 0 Å². The smallest absolute Gasteiger partial charge is 0.251 e. The molecule has 0 saturated carbocycles. The van der Waals surface area contributed by atoms with Gasteiger partial charge in [-0.25, -0.2) is 0 Å². The fourth-order valence-corrected chi connectivity index (χ4v) is 2.90. The molecule has 1 aromatic heterocycles. The van der Waals surface area contributed by atoms with Crippen LogP contribution in [0.5, 0.6) is 0 Å². The Morgan fingerprint density at radius 2 is 1.63 bits per heavy atom. The lowest BCUT2D eigenvalue weighted by molar-refractivity contribution is 0.0953. The van der Waals surface area contributed by atoms with E-state index in [2.05, 4.69) is 40.0 Å². The Morgan fingerprint density at radius 1 is 0.900 bits per heavy atom. The molecule has 3 aromatic rings. The van der Waals surface area contributed by atoms with Gasteiger partial charge in [0.25, 0.3) is 5.91 Å². The van der Waals surface area contributed by atoms with Gasteiger partial charge in [0.15, 0.2) is 0 Å². The predicted octanol–water partition coefficient (Wildman–Crippen LogP) is 4.73. The second-order valence-corrected chi connectivity index (χ2v) is 6.88. The molecule has 0 atom stereocenters. The van der Waals surface area contributed by atoms with Crippen molar-refractivity contribution in [3.05, 3.63) is 89.7 Å². The summed E-state index contributed by atoms with van der Waals surface area (Å²) in [5.41, 5.74) is 4.63. The molecule has 2 aromatic carbocycles. The van der Waals surface area contributed by atoms with Gasteiger partial charge in [-0.05, 0) is 79.7 Å². The first kappa shape index (κ1) is 21.3. The molecule has 5 nitrogen and oxygen atoms in total. The molecule has 3 rings (SSSR count). The van der Waals surface area contributed by atoms with Crippen molar-refractivity contribution in [2.24, 2.45) is 0 Å². The van der Waals surface area contributed by atoms with Gasteiger partial charge < -0.3 is 16.0 Å². The fraction of sp³-hybridized carbons (Fsp3) is 0.200. The molecule has 30 heavy (non-hydrogen) atoms. The molecule has 0 aliphatic heterocycles. The number of carbonyl (C=O) groups excluding carboxylic acids is 1. The number of nitrogens with one attached hydrogen (secondary N) is 3. The van der Waals surface area contributed by atoms with Gasteiger partial charge in [-0.1, -0.05) is 31.2 Å². The molecule has 0 aliphatic carbocycles. The van der Waals surface area contributed by atoms with Crippen LogP contribution < -0.4 is 16.0 Å². The lowest BCUT2D eigenvalue weighted by Gasteiger charge is -2.09. The fourth-order valence-electron chi connectivity index (χ4n) is 2.90. The number of carbonyl (C=O) groups is 1. The summed E-state index contributed by atoms with van der Waals surface area (Å²) in [6.45, 7) is 4.61. The molecular formula is C25H28N4O. The molecule has 154 valence electrons. The third kappa shape index (κ3) is 6.87. The largest absolute Gasteiger partial charge is 0.356 e. The van der Waals surface area contributed by atoms with E-state index in [-0.39, 0.29) is 5.91 Å². The van der Waals surface area contributed by atoms with E-state index in [9.17, 15) is 4.79 Å². The topological polar surface area (TPSA) is 66.0 Å². The molecule has 0 saturated heterocycles. The lowest BCUT2D eigenvalue weighted by Crippen LogP contribution is -2.27. The van der Waals surface area contributed by atoms with Gasteiger partial charge >= 0.3 is 0 Å². The maximum absolute atomic E-state index is 12.2. The highest BCUT2D eigenvalue weighted by atomic mass is 16.1. The average molecular weight is 401 g/mol. The Kier molecular flexibility index (Phi) is 8.18. The maximum atomic E-state index is 12.2. The molecule has 1 heterocycles. The van der Waals surface area contributed by atoms with Crippen molar-refractivity contribution >= 4 is 29.4 Å². The molecule has 0 fully saturated rings. The van der Waals surface area contributed by atoms with E-state index < -0.39 is 0 Å². The van der Waals surface area contributed by atoms with Crippen molar-refractivity contribution in [2.75, 3.05) is 25.0 Å². The predicted molar refractivity (Wildman–Crippen MR) is 125 cm³/mol. The number of aromatic nitrogens is 1. The van der Waals surface area contributed by atoms with Crippen LogP contribution in [0.4, 0.5) is 11.4 Å². The van der Waals surface area contributed by atoms with E-state index in [4.69, 9.17) is 0 Å². The number of anilines is 2. The van der Waals surface area contributed by atoms with Crippen molar-refractivity contribution in [2.45, 2.75) is 13.3 Å². The summed E-state index contributed by atoms with van der Waals surface area (Å²) in [6, 6.07) is 21.5. The monoisotopic (exact) mass is 400 g/mol. The van der Waals surface area contributed by atoms with Gasteiger partial charge in [0, 0.05) is 29.7 Å². The second-order valence-electron chi connectivity index (χ2n) is 6.88. The third-order valence-corrected chi connectivity index (χ3v) is 4.55. The van der Waals surface area contributed by atoms with E-state index in [0.29, 0.717) is 12.1 Å². The molecule has 3 N–H and O–H groups in total. The normalized spacial score (nSPS) is 10.8. The summed E-state index contributed by atoms with van der Waals surface area (Å²) in [6.07, 6.45) is 6.74. The highest BCUT2D eigenvalue weighted by Gasteiger charge is 2.04. The highest BCUT2D eigenvalue weighted by Crippen LogP contribution is 2.18. The van der Waals surface area contributed by atoms with Crippen LogP contribution in [-0.4, -0.2) is 30.5 Å². The van der Waals surface area contributed by atoms with E-state index in [0.717, 1.165) is 42.1 Å². The molecule has 0 spiro atoms. The number of hydrogen-bond acceptors (Lipinski definition) is 4. The Balaban J connectivity index is 1.50. The second kappa shape index (κ2) is 11.5. The maximum Gasteiger partial charge on any atom is 0.251 e. The van der Waals surface area contributed by atoms with E-state index in [1.807, 2.05) is 66.7 Å². The molecule has 5 heteroatoms. The van der Waals surface area contributed by atoms with Gasteiger partial charge in [0.1, 0.15) is 0 Å². The number of nitrogens with zero attached hydrogens (tertiary/aromatic N) is 1. The standard InChI is InChI=1S/C25H28N4O/c1-2-26-17-5-19-28-25(30)21-10-15-24(16-11-21)29-23-13-8-20(9-14-23)7-12-22-6-3-4-18-27-22/h3-4,6-16,18,26,29H,2,5,17,19H2,1H3,(H,28,30)/b12-7+. The summed E-state index contributed by atoms with van der Waals surface area (Å²) in [5, 5.41) is 9.55. The quantitative estimate of drug-likeness (QED) is 0.431. The van der Waals surface area contributed by atoms with Crippen molar-refractivity contribution < 1.29 is 4.79 Å². The zero-order valence-corrected chi connectivity index (χ0v) is 17.3. The first-order valence-electron chi connectivity index (χ1n) is 10.3. The Bertz CT molecular complexity index is 935. The van der Waals surface area contributed by atoms with Crippen molar-refractivity contribution in [3.8, 4) is 0 Å². The molecule has 0 aliphatic rings. The van der Waals surface area contributed by atoms with Crippen LogP contribution in [0.15, 0.2) is 72.9 Å². The van der Waals surface area contributed by atoms with Crippen LogP contribution in [0.1, 0.15) is 35.0 Å². The Hall–Kier alpha value is -3.44. The van der Waals surface area contributed by atoms with Crippen LogP contribution in [0.25, 0.3) is 12.2 Å². The molecular weight excluding hydrogens is 372 g/mol.